The number of nitrogens with zero attached hydrogens (tertiary/aromatic N) is 2. The molecule has 0 bridgehead atoms. The summed E-state index contributed by atoms with van der Waals surface area (Å²) in [6.07, 6.45) is 3.52. The van der Waals surface area contributed by atoms with Crippen LogP contribution in [0.15, 0.2) is 24.5 Å². The molecule has 0 saturated carbocycles. The standard InChI is InChI=1S/C12H14ClN3OS2/c1-16(6-9-4-14-15-5-9)12(17)8-18-7-10-2-3-11(13)19-10/h2-5H,6-8H2,1H3,(H,14,15). The molecule has 0 aromatic carbocycles. The second kappa shape index (κ2) is 6.98. The summed E-state index contributed by atoms with van der Waals surface area (Å²) in [4.78, 5) is 14.8. The maximum absolute atomic E-state index is 11.9. The van der Waals surface area contributed by atoms with Gasteiger partial charge in [0.05, 0.1) is 16.3 Å². The molecule has 102 valence electrons. The van der Waals surface area contributed by atoms with Crippen molar-refractivity contribution in [3.05, 3.63) is 39.3 Å². The maximum atomic E-state index is 11.9. The van der Waals surface area contributed by atoms with Crippen LogP contribution in [0, 0.1) is 0 Å². The van der Waals surface area contributed by atoms with Crippen molar-refractivity contribution in [2.45, 2.75) is 12.3 Å². The quantitative estimate of drug-likeness (QED) is 0.891. The average molecular weight is 316 g/mol. The summed E-state index contributed by atoms with van der Waals surface area (Å²) in [6.45, 7) is 0.584. The molecule has 2 aromatic heterocycles. The molecule has 0 spiro atoms. The van der Waals surface area contributed by atoms with E-state index in [9.17, 15) is 4.79 Å². The summed E-state index contributed by atoms with van der Waals surface area (Å²) in [5.41, 5.74) is 1.01. The number of H-pyrrole nitrogens is 1. The zero-order chi connectivity index (χ0) is 13.7. The molecule has 0 aliphatic heterocycles. The molecular weight excluding hydrogens is 302 g/mol. The van der Waals surface area contributed by atoms with Crippen molar-refractivity contribution < 1.29 is 4.79 Å². The number of thioether (sulfide) groups is 1. The minimum Gasteiger partial charge on any atom is -0.341 e. The van der Waals surface area contributed by atoms with E-state index in [0.717, 1.165) is 15.7 Å². The Morgan fingerprint density at radius 1 is 1.58 bits per heavy atom. The summed E-state index contributed by atoms with van der Waals surface area (Å²) in [5, 5.41) is 6.60. The monoisotopic (exact) mass is 315 g/mol. The van der Waals surface area contributed by atoms with Crippen molar-refractivity contribution in [2.75, 3.05) is 12.8 Å². The number of aromatic amines is 1. The Kier molecular flexibility index (Phi) is 5.30. The molecule has 1 amide bonds. The van der Waals surface area contributed by atoms with Gasteiger partial charge in [-0.3, -0.25) is 9.89 Å². The molecule has 0 aliphatic carbocycles. The summed E-state index contributed by atoms with van der Waals surface area (Å²) in [7, 11) is 1.80. The lowest BCUT2D eigenvalue weighted by molar-refractivity contribution is -0.127. The first-order chi connectivity index (χ1) is 9.15. The first-order valence-corrected chi connectivity index (χ1v) is 8.03. The Hall–Kier alpha value is -0.980. The summed E-state index contributed by atoms with van der Waals surface area (Å²) in [5.74, 6) is 1.42. The van der Waals surface area contributed by atoms with Crippen LogP contribution < -0.4 is 0 Å². The number of carbonyl (C=O) groups excluding carboxylic acids is 1. The summed E-state index contributed by atoms with van der Waals surface area (Å²) in [6, 6.07) is 3.88. The molecule has 0 atom stereocenters. The third-order valence-electron chi connectivity index (χ3n) is 2.50. The Labute approximate surface area is 125 Å². The molecule has 0 fully saturated rings. The number of aromatic nitrogens is 2. The molecule has 0 aliphatic rings. The molecule has 4 nitrogen and oxygen atoms in total. The number of carbonyl (C=O) groups is 1. The fraction of sp³-hybridized carbons (Fsp3) is 0.333. The van der Waals surface area contributed by atoms with Gasteiger partial charge in [0.1, 0.15) is 0 Å². The number of amides is 1. The molecule has 0 unspecified atom stereocenters. The van der Waals surface area contributed by atoms with Gasteiger partial charge in [-0.25, -0.2) is 0 Å². The Morgan fingerprint density at radius 2 is 2.42 bits per heavy atom. The Balaban J connectivity index is 1.71. The van der Waals surface area contributed by atoms with Gasteiger partial charge in [0, 0.05) is 36.0 Å². The van der Waals surface area contributed by atoms with Crippen molar-refractivity contribution in [3.8, 4) is 0 Å². The first-order valence-electron chi connectivity index (χ1n) is 5.68. The molecule has 7 heteroatoms. The fourth-order valence-corrected chi connectivity index (χ4v) is 3.67. The topological polar surface area (TPSA) is 49.0 Å². The van der Waals surface area contributed by atoms with E-state index in [4.69, 9.17) is 11.6 Å². The van der Waals surface area contributed by atoms with Crippen molar-refractivity contribution in [1.82, 2.24) is 15.1 Å². The van der Waals surface area contributed by atoms with Crippen molar-refractivity contribution in [3.63, 3.8) is 0 Å². The van der Waals surface area contributed by atoms with E-state index in [0.29, 0.717) is 12.3 Å². The van der Waals surface area contributed by atoms with Gasteiger partial charge >= 0.3 is 0 Å². The third kappa shape index (κ3) is 4.56. The number of hydrogen-bond acceptors (Lipinski definition) is 4. The zero-order valence-electron chi connectivity index (χ0n) is 10.4. The highest BCUT2D eigenvalue weighted by Crippen LogP contribution is 2.25. The van der Waals surface area contributed by atoms with Crippen LogP contribution >= 0.6 is 34.7 Å². The second-order valence-electron chi connectivity index (χ2n) is 4.05. The van der Waals surface area contributed by atoms with E-state index < -0.39 is 0 Å². The Bertz CT molecular complexity index is 527. The average Bonchev–Trinajstić information content (AvgIpc) is 3.01. The molecule has 0 saturated heterocycles. The minimum absolute atomic E-state index is 0.119. The van der Waals surface area contributed by atoms with Gasteiger partial charge in [-0.1, -0.05) is 11.6 Å². The van der Waals surface area contributed by atoms with Crippen molar-refractivity contribution in [2.24, 2.45) is 0 Å². The van der Waals surface area contributed by atoms with E-state index in [1.165, 1.54) is 4.88 Å². The number of hydrogen-bond donors (Lipinski definition) is 1. The molecular formula is C12H14ClN3OS2. The van der Waals surface area contributed by atoms with E-state index in [2.05, 4.69) is 10.2 Å². The largest absolute Gasteiger partial charge is 0.341 e. The van der Waals surface area contributed by atoms with Crippen LogP contribution in [-0.2, 0) is 17.1 Å². The maximum Gasteiger partial charge on any atom is 0.232 e. The lowest BCUT2D eigenvalue weighted by Gasteiger charge is -2.15. The highest BCUT2D eigenvalue weighted by molar-refractivity contribution is 7.99. The van der Waals surface area contributed by atoms with Gasteiger partial charge in [0.25, 0.3) is 0 Å². The van der Waals surface area contributed by atoms with Gasteiger partial charge in [-0.05, 0) is 12.1 Å². The van der Waals surface area contributed by atoms with Gasteiger partial charge < -0.3 is 4.90 Å². The van der Waals surface area contributed by atoms with Gasteiger partial charge in [0.2, 0.25) is 5.91 Å². The molecule has 2 aromatic rings. The normalized spacial score (nSPS) is 10.6. The highest BCUT2D eigenvalue weighted by atomic mass is 35.5. The number of rotatable bonds is 6. The van der Waals surface area contributed by atoms with E-state index >= 15 is 0 Å². The third-order valence-corrected chi connectivity index (χ3v) is 4.88. The van der Waals surface area contributed by atoms with Crippen molar-refractivity contribution in [1.29, 1.82) is 0 Å². The van der Waals surface area contributed by atoms with Crippen LogP contribution in [0.2, 0.25) is 4.34 Å². The van der Waals surface area contributed by atoms with Crippen LogP contribution in [0.25, 0.3) is 0 Å². The smallest absolute Gasteiger partial charge is 0.232 e. The van der Waals surface area contributed by atoms with Crippen LogP contribution in [0.4, 0.5) is 0 Å². The Morgan fingerprint density at radius 3 is 3.05 bits per heavy atom. The van der Waals surface area contributed by atoms with Gasteiger partial charge in [0.15, 0.2) is 0 Å². The fourth-order valence-electron chi connectivity index (χ4n) is 1.50. The molecule has 2 rings (SSSR count). The number of halogens is 1. The van der Waals surface area contributed by atoms with E-state index in [1.807, 2.05) is 12.1 Å². The number of thiophene rings is 1. The summed E-state index contributed by atoms with van der Waals surface area (Å²) < 4.78 is 0.791. The minimum atomic E-state index is 0.119. The molecule has 19 heavy (non-hydrogen) atoms. The number of nitrogens with one attached hydrogen (secondary N) is 1. The predicted octanol–water partition coefficient (Wildman–Crippen LogP) is 3.02. The summed E-state index contributed by atoms with van der Waals surface area (Å²) >= 11 is 9.02. The predicted molar refractivity (Wildman–Crippen MR) is 80.6 cm³/mol. The van der Waals surface area contributed by atoms with Crippen LogP contribution in [0.1, 0.15) is 10.4 Å². The van der Waals surface area contributed by atoms with Crippen LogP contribution in [0.3, 0.4) is 0 Å². The van der Waals surface area contributed by atoms with E-state index in [-0.39, 0.29) is 5.91 Å². The second-order valence-corrected chi connectivity index (χ2v) is 6.84. The lowest BCUT2D eigenvalue weighted by Crippen LogP contribution is -2.27. The zero-order valence-corrected chi connectivity index (χ0v) is 12.8. The molecule has 0 radical (unpaired) electrons. The SMILES string of the molecule is CN(Cc1cn[nH]c1)C(=O)CSCc1ccc(Cl)s1. The molecule has 2 heterocycles. The van der Waals surface area contributed by atoms with Gasteiger partial charge in [-0.15, -0.1) is 23.1 Å². The van der Waals surface area contributed by atoms with Gasteiger partial charge in [-0.2, -0.15) is 5.10 Å². The molecule has 1 N–H and O–H groups in total. The first kappa shape index (κ1) is 14.4. The van der Waals surface area contributed by atoms with Crippen LogP contribution in [0.5, 0.6) is 0 Å². The van der Waals surface area contributed by atoms with Crippen LogP contribution in [-0.4, -0.2) is 33.8 Å². The lowest BCUT2D eigenvalue weighted by atomic mass is 10.3. The highest BCUT2D eigenvalue weighted by Gasteiger charge is 2.10. The van der Waals surface area contributed by atoms with E-state index in [1.54, 1.807) is 47.4 Å². The van der Waals surface area contributed by atoms with Crippen molar-refractivity contribution >= 4 is 40.6 Å².